The third-order valence-electron chi connectivity index (χ3n) is 4.19. The largest absolute Gasteiger partial charge is 0.478 e. The second-order valence-electron chi connectivity index (χ2n) is 5.93. The quantitative estimate of drug-likeness (QED) is 0.728. The maximum atomic E-state index is 12.8. The zero-order valence-electron chi connectivity index (χ0n) is 13.8. The van der Waals surface area contributed by atoms with Gasteiger partial charge in [-0.15, -0.1) is 0 Å². The molecular formula is C20H14N2O4. The van der Waals surface area contributed by atoms with Gasteiger partial charge in [-0.25, -0.2) is 4.79 Å². The molecule has 4 rings (SSSR count). The number of carboxylic acid groups (broad SMARTS) is 1. The van der Waals surface area contributed by atoms with E-state index in [1.54, 1.807) is 31.4 Å². The van der Waals surface area contributed by atoms with Gasteiger partial charge in [0.1, 0.15) is 5.58 Å². The van der Waals surface area contributed by atoms with E-state index < -0.39 is 5.97 Å². The number of nitrogens with zero attached hydrogens (tertiary/aromatic N) is 2. The van der Waals surface area contributed by atoms with Crippen LogP contribution in [0.5, 0.6) is 0 Å². The molecule has 0 spiro atoms. The molecule has 0 atom stereocenters. The van der Waals surface area contributed by atoms with E-state index in [-0.39, 0.29) is 11.5 Å². The van der Waals surface area contributed by atoms with Crippen LogP contribution in [-0.4, -0.2) is 22.7 Å². The number of hydrogen-bond donors (Lipinski definition) is 1. The van der Waals surface area contributed by atoms with Gasteiger partial charge in [0.05, 0.1) is 28.8 Å². The van der Waals surface area contributed by atoms with Gasteiger partial charge >= 0.3 is 5.97 Å². The smallest absolute Gasteiger partial charge is 0.335 e. The summed E-state index contributed by atoms with van der Waals surface area (Å²) in [5.74, 6) is -1.35. The lowest BCUT2D eigenvalue weighted by Crippen LogP contribution is -2.21. The predicted molar refractivity (Wildman–Crippen MR) is 98.2 cm³/mol. The van der Waals surface area contributed by atoms with E-state index in [1.807, 2.05) is 24.3 Å². The average Bonchev–Trinajstić information content (AvgIpc) is 3.21. The van der Waals surface area contributed by atoms with E-state index >= 15 is 0 Å². The van der Waals surface area contributed by atoms with Gasteiger partial charge in [-0.2, -0.15) is 10.1 Å². The summed E-state index contributed by atoms with van der Waals surface area (Å²) in [6, 6.07) is 13.7. The molecule has 0 saturated heterocycles. The summed E-state index contributed by atoms with van der Waals surface area (Å²) < 4.78 is 5.32. The van der Waals surface area contributed by atoms with Crippen molar-refractivity contribution in [3.63, 3.8) is 0 Å². The van der Waals surface area contributed by atoms with Crippen molar-refractivity contribution in [2.45, 2.75) is 6.92 Å². The molecule has 0 fully saturated rings. The fraction of sp³-hybridized carbons (Fsp3) is 0.0500. The summed E-state index contributed by atoms with van der Waals surface area (Å²) in [4.78, 5) is 23.9. The van der Waals surface area contributed by atoms with E-state index in [2.05, 4.69) is 5.10 Å². The topological polar surface area (TPSA) is 83.1 Å². The molecule has 1 aliphatic heterocycles. The molecule has 0 unspecified atom stereocenters. The van der Waals surface area contributed by atoms with E-state index in [9.17, 15) is 9.59 Å². The van der Waals surface area contributed by atoms with Crippen LogP contribution in [0.2, 0.25) is 0 Å². The van der Waals surface area contributed by atoms with Crippen molar-refractivity contribution in [2.24, 2.45) is 5.10 Å². The van der Waals surface area contributed by atoms with Gasteiger partial charge < -0.3 is 9.52 Å². The van der Waals surface area contributed by atoms with Crippen molar-refractivity contribution in [1.29, 1.82) is 0 Å². The average molecular weight is 346 g/mol. The summed E-state index contributed by atoms with van der Waals surface area (Å²) in [5.41, 5.74) is 3.20. The molecule has 0 bridgehead atoms. The summed E-state index contributed by atoms with van der Waals surface area (Å²) in [5, 5.41) is 15.6. The third kappa shape index (κ3) is 2.67. The fourth-order valence-corrected chi connectivity index (χ4v) is 2.87. The first-order valence-electron chi connectivity index (χ1n) is 7.95. The second kappa shape index (κ2) is 6.00. The Balaban J connectivity index is 1.69. The van der Waals surface area contributed by atoms with Crippen LogP contribution in [0.15, 0.2) is 69.9 Å². The minimum absolute atomic E-state index is 0.103. The Hall–Kier alpha value is -3.67. The molecule has 0 radical (unpaired) electrons. The Labute approximate surface area is 148 Å². The maximum Gasteiger partial charge on any atom is 0.335 e. The van der Waals surface area contributed by atoms with Gasteiger partial charge in [-0.05, 0) is 55.0 Å². The fourth-order valence-electron chi connectivity index (χ4n) is 2.87. The van der Waals surface area contributed by atoms with Gasteiger partial charge in [0.25, 0.3) is 5.91 Å². The first-order valence-corrected chi connectivity index (χ1v) is 7.95. The molecular weight excluding hydrogens is 332 g/mol. The third-order valence-corrected chi connectivity index (χ3v) is 4.19. The van der Waals surface area contributed by atoms with Gasteiger partial charge in [0, 0.05) is 5.39 Å². The van der Waals surface area contributed by atoms with Crippen LogP contribution in [0.1, 0.15) is 22.8 Å². The number of hydrogen-bond acceptors (Lipinski definition) is 4. The number of amides is 1. The normalized spacial score (nSPS) is 15.7. The lowest BCUT2D eigenvalue weighted by Gasteiger charge is -2.12. The number of carboxylic acids is 1. The summed E-state index contributed by atoms with van der Waals surface area (Å²) in [6.45, 7) is 1.75. The first-order chi connectivity index (χ1) is 12.5. The molecule has 2 heterocycles. The number of hydrazone groups is 1. The van der Waals surface area contributed by atoms with Crippen molar-refractivity contribution in [1.82, 2.24) is 0 Å². The van der Waals surface area contributed by atoms with Crippen LogP contribution >= 0.6 is 0 Å². The highest BCUT2D eigenvalue weighted by Crippen LogP contribution is 2.26. The Kier molecular flexibility index (Phi) is 3.65. The van der Waals surface area contributed by atoms with Crippen LogP contribution in [0.3, 0.4) is 0 Å². The second-order valence-corrected chi connectivity index (χ2v) is 5.93. The monoisotopic (exact) mass is 346 g/mol. The highest BCUT2D eigenvalue weighted by Gasteiger charge is 2.29. The molecule has 1 aromatic heterocycles. The standard InChI is InChI=1S/C20H14N2O4/c1-12-17(10-13-5-6-18-14(9-13)7-8-26-18)19(23)22(21-12)16-4-2-3-15(11-16)20(24)25/h2-11H,1H3,(H,24,25)/b17-10-. The Bertz CT molecular complexity index is 1110. The highest BCUT2D eigenvalue weighted by molar-refractivity contribution is 6.32. The van der Waals surface area contributed by atoms with Crippen molar-refractivity contribution in [2.75, 3.05) is 5.01 Å². The van der Waals surface area contributed by atoms with Gasteiger partial charge in [-0.1, -0.05) is 12.1 Å². The molecule has 1 amide bonds. The molecule has 3 aromatic rings. The molecule has 1 N–H and O–H groups in total. The van der Waals surface area contributed by atoms with Crippen LogP contribution in [0, 0.1) is 0 Å². The highest BCUT2D eigenvalue weighted by atomic mass is 16.4. The summed E-state index contributed by atoms with van der Waals surface area (Å²) >= 11 is 0. The van der Waals surface area contributed by atoms with E-state index in [0.29, 0.717) is 17.0 Å². The zero-order valence-corrected chi connectivity index (χ0v) is 13.8. The van der Waals surface area contributed by atoms with Crippen LogP contribution in [0.4, 0.5) is 5.69 Å². The maximum absolute atomic E-state index is 12.8. The van der Waals surface area contributed by atoms with Crippen LogP contribution in [-0.2, 0) is 4.79 Å². The molecule has 6 heteroatoms. The number of rotatable bonds is 3. The van der Waals surface area contributed by atoms with E-state index in [4.69, 9.17) is 9.52 Å². The van der Waals surface area contributed by atoms with Crippen LogP contribution in [0.25, 0.3) is 17.0 Å². The minimum atomic E-state index is -1.05. The number of carbonyl (C=O) groups excluding carboxylic acids is 1. The number of fused-ring (bicyclic) bond motifs is 1. The summed E-state index contributed by atoms with van der Waals surface area (Å²) in [6.07, 6.45) is 3.39. The zero-order chi connectivity index (χ0) is 18.3. The van der Waals surface area contributed by atoms with Crippen molar-refractivity contribution in [3.8, 4) is 0 Å². The van der Waals surface area contributed by atoms with Crippen molar-refractivity contribution >= 4 is 40.3 Å². The molecule has 128 valence electrons. The first kappa shape index (κ1) is 15.8. The lowest BCUT2D eigenvalue weighted by atomic mass is 10.1. The number of furan rings is 1. The molecule has 2 aromatic carbocycles. The molecule has 0 aliphatic carbocycles. The van der Waals surface area contributed by atoms with Gasteiger partial charge in [0.2, 0.25) is 0 Å². The number of aromatic carboxylic acids is 1. The number of anilines is 1. The van der Waals surface area contributed by atoms with E-state index in [1.165, 1.54) is 17.1 Å². The van der Waals surface area contributed by atoms with Crippen molar-refractivity contribution in [3.05, 3.63) is 71.5 Å². The Morgan fingerprint density at radius 2 is 2.04 bits per heavy atom. The number of benzene rings is 2. The molecule has 0 saturated carbocycles. The van der Waals surface area contributed by atoms with Gasteiger partial charge in [-0.3, -0.25) is 4.79 Å². The lowest BCUT2D eigenvalue weighted by molar-refractivity contribution is -0.114. The molecule has 1 aliphatic rings. The summed E-state index contributed by atoms with van der Waals surface area (Å²) in [7, 11) is 0. The molecule has 26 heavy (non-hydrogen) atoms. The Morgan fingerprint density at radius 3 is 2.85 bits per heavy atom. The Morgan fingerprint density at radius 1 is 1.19 bits per heavy atom. The number of carbonyl (C=O) groups is 2. The predicted octanol–water partition coefficient (Wildman–Crippen LogP) is 3.94. The molecule has 6 nitrogen and oxygen atoms in total. The SMILES string of the molecule is CC1=NN(c2cccc(C(=O)O)c2)C(=O)/C1=C\c1ccc2occc2c1. The minimum Gasteiger partial charge on any atom is -0.478 e. The van der Waals surface area contributed by atoms with E-state index in [0.717, 1.165) is 16.5 Å². The van der Waals surface area contributed by atoms with Crippen molar-refractivity contribution < 1.29 is 19.1 Å². The van der Waals surface area contributed by atoms with Crippen LogP contribution < -0.4 is 5.01 Å². The van der Waals surface area contributed by atoms with Gasteiger partial charge in [0.15, 0.2) is 0 Å².